The third-order valence-corrected chi connectivity index (χ3v) is 3.39. The van der Waals surface area contributed by atoms with Crippen molar-refractivity contribution in [2.45, 2.75) is 20.0 Å². The minimum atomic E-state index is 0.0517. The molecular weight excluding hydrogens is 266 g/mol. The van der Waals surface area contributed by atoms with Crippen molar-refractivity contribution in [1.82, 2.24) is 5.16 Å². The van der Waals surface area contributed by atoms with Crippen LogP contribution in [0.3, 0.4) is 0 Å². The molecule has 0 spiro atoms. The summed E-state index contributed by atoms with van der Waals surface area (Å²) in [6.07, 6.45) is 0.481. The maximum Gasteiger partial charge on any atom is 0.167 e. The third-order valence-electron chi connectivity index (χ3n) is 3.39. The van der Waals surface area contributed by atoms with Gasteiger partial charge in [-0.2, -0.15) is 0 Å². The monoisotopic (exact) mass is 283 g/mol. The molecule has 0 radical (unpaired) electrons. The highest BCUT2D eigenvalue weighted by Crippen LogP contribution is 2.24. The molecule has 0 aliphatic rings. The smallest absolute Gasteiger partial charge is 0.167 e. The zero-order chi connectivity index (χ0) is 14.7. The molecule has 0 amide bonds. The Hall–Kier alpha value is -2.33. The Morgan fingerprint density at radius 3 is 2.71 bits per heavy atom. The second-order valence-electron chi connectivity index (χ2n) is 5.04. The molecule has 0 aliphatic carbocycles. The van der Waals surface area contributed by atoms with Gasteiger partial charge in [0.2, 0.25) is 0 Å². The van der Waals surface area contributed by atoms with Crippen LogP contribution in [0.2, 0.25) is 0 Å². The lowest BCUT2D eigenvalue weighted by atomic mass is 10.1. The SMILES string of the molecule is Cc1ccc(COc2ccc3onc(CCO)c3c2)cc1. The molecule has 0 bridgehead atoms. The fraction of sp³-hybridized carbons (Fsp3) is 0.235. The first-order valence-corrected chi connectivity index (χ1v) is 6.94. The number of rotatable bonds is 5. The van der Waals surface area contributed by atoms with Gasteiger partial charge in [-0.1, -0.05) is 35.0 Å². The van der Waals surface area contributed by atoms with Crippen molar-refractivity contribution in [2.75, 3.05) is 6.61 Å². The minimum absolute atomic E-state index is 0.0517. The van der Waals surface area contributed by atoms with E-state index in [0.717, 1.165) is 22.4 Å². The summed E-state index contributed by atoms with van der Waals surface area (Å²) in [5, 5.41) is 13.9. The Labute approximate surface area is 123 Å². The van der Waals surface area contributed by atoms with Crippen molar-refractivity contribution < 1.29 is 14.4 Å². The Balaban J connectivity index is 1.77. The molecule has 2 aromatic carbocycles. The lowest BCUT2D eigenvalue weighted by Crippen LogP contribution is -1.95. The summed E-state index contributed by atoms with van der Waals surface area (Å²) < 4.78 is 11.0. The van der Waals surface area contributed by atoms with Gasteiger partial charge >= 0.3 is 0 Å². The first-order chi connectivity index (χ1) is 10.3. The van der Waals surface area contributed by atoms with Gasteiger partial charge in [0, 0.05) is 18.4 Å². The molecule has 0 fully saturated rings. The predicted octanol–water partition coefficient (Wildman–Crippen LogP) is 3.25. The average molecular weight is 283 g/mol. The van der Waals surface area contributed by atoms with E-state index in [9.17, 15) is 0 Å². The van der Waals surface area contributed by atoms with Gasteiger partial charge in [-0.15, -0.1) is 0 Å². The zero-order valence-electron chi connectivity index (χ0n) is 11.9. The van der Waals surface area contributed by atoms with Gasteiger partial charge < -0.3 is 14.4 Å². The first-order valence-electron chi connectivity index (χ1n) is 6.94. The van der Waals surface area contributed by atoms with Crippen molar-refractivity contribution in [1.29, 1.82) is 0 Å². The van der Waals surface area contributed by atoms with Crippen LogP contribution in [0.25, 0.3) is 11.0 Å². The van der Waals surface area contributed by atoms with E-state index in [1.807, 2.05) is 18.2 Å². The van der Waals surface area contributed by atoms with E-state index in [-0.39, 0.29) is 6.61 Å². The van der Waals surface area contributed by atoms with Crippen LogP contribution < -0.4 is 4.74 Å². The van der Waals surface area contributed by atoms with Crippen LogP contribution in [0.5, 0.6) is 5.75 Å². The molecule has 4 heteroatoms. The average Bonchev–Trinajstić information content (AvgIpc) is 2.90. The van der Waals surface area contributed by atoms with Crippen molar-refractivity contribution in [3.8, 4) is 5.75 Å². The van der Waals surface area contributed by atoms with E-state index in [4.69, 9.17) is 14.4 Å². The number of fused-ring (bicyclic) bond motifs is 1. The normalized spacial score (nSPS) is 11.0. The molecule has 0 aliphatic heterocycles. The second kappa shape index (κ2) is 5.97. The standard InChI is InChI=1S/C17H17NO3/c1-12-2-4-13(5-3-12)11-20-14-6-7-17-15(10-14)16(8-9-19)18-21-17/h2-7,10,19H,8-9,11H2,1H3. The second-order valence-corrected chi connectivity index (χ2v) is 5.04. The molecule has 3 aromatic rings. The summed E-state index contributed by atoms with van der Waals surface area (Å²) in [4.78, 5) is 0. The van der Waals surface area contributed by atoms with E-state index in [1.165, 1.54) is 5.56 Å². The number of benzene rings is 2. The summed E-state index contributed by atoms with van der Waals surface area (Å²) in [7, 11) is 0. The van der Waals surface area contributed by atoms with E-state index in [2.05, 4.69) is 36.3 Å². The molecule has 1 heterocycles. The van der Waals surface area contributed by atoms with Gasteiger partial charge in [-0.05, 0) is 30.7 Å². The summed E-state index contributed by atoms with van der Waals surface area (Å²) in [6.45, 7) is 2.63. The van der Waals surface area contributed by atoms with Gasteiger partial charge in [0.05, 0.1) is 5.69 Å². The van der Waals surface area contributed by atoms with Gasteiger partial charge in [0.15, 0.2) is 5.58 Å². The van der Waals surface area contributed by atoms with Crippen LogP contribution >= 0.6 is 0 Å². The number of hydrogen-bond acceptors (Lipinski definition) is 4. The molecule has 0 atom stereocenters. The molecule has 108 valence electrons. The van der Waals surface area contributed by atoms with Crippen LogP contribution in [-0.4, -0.2) is 16.9 Å². The lowest BCUT2D eigenvalue weighted by molar-refractivity contribution is 0.295. The highest BCUT2D eigenvalue weighted by atomic mass is 16.5. The molecule has 3 rings (SSSR count). The fourth-order valence-electron chi connectivity index (χ4n) is 2.19. The molecule has 1 N–H and O–H groups in total. The number of aromatic nitrogens is 1. The summed E-state index contributed by atoms with van der Waals surface area (Å²) in [5.41, 5.74) is 3.83. The summed E-state index contributed by atoms with van der Waals surface area (Å²) >= 11 is 0. The number of aryl methyl sites for hydroxylation is 1. The quantitative estimate of drug-likeness (QED) is 0.781. The molecule has 1 aromatic heterocycles. The predicted molar refractivity (Wildman–Crippen MR) is 80.3 cm³/mol. The van der Waals surface area contributed by atoms with Crippen LogP contribution in [0.15, 0.2) is 47.0 Å². The van der Waals surface area contributed by atoms with E-state index < -0.39 is 0 Å². The summed E-state index contributed by atoms with van der Waals surface area (Å²) in [5.74, 6) is 0.769. The molecular formula is C17H17NO3. The van der Waals surface area contributed by atoms with Crippen molar-refractivity contribution in [3.05, 3.63) is 59.3 Å². The Kier molecular flexibility index (Phi) is 3.88. The van der Waals surface area contributed by atoms with Crippen LogP contribution in [0, 0.1) is 6.92 Å². The minimum Gasteiger partial charge on any atom is -0.489 e. The highest BCUT2D eigenvalue weighted by Gasteiger charge is 2.09. The highest BCUT2D eigenvalue weighted by molar-refractivity contribution is 5.81. The molecule has 0 unspecified atom stereocenters. The Morgan fingerprint density at radius 1 is 1.14 bits per heavy atom. The van der Waals surface area contributed by atoms with Gasteiger partial charge in [0.25, 0.3) is 0 Å². The number of ether oxygens (including phenoxy) is 1. The van der Waals surface area contributed by atoms with E-state index in [1.54, 1.807) is 0 Å². The zero-order valence-corrected chi connectivity index (χ0v) is 11.9. The third kappa shape index (κ3) is 3.06. The number of aliphatic hydroxyl groups is 1. The van der Waals surface area contributed by atoms with Crippen LogP contribution in [0.1, 0.15) is 16.8 Å². The summed E-state index contributed by atoms with van der Waals surface area (Å²) in [6, 6.07) is 13.9. The first kappa shape index (κ1) is 13.6. The molecule has 0 saturated heterocycles. The topological polar surface area (TPSA) is 55.5 Å². The maximum atomic E-state index is 9.03. The Morgan fingerprint density at radius 2 is 1.95 bits per heavy atom. The molecule has 4 nitrogen and oxygen atoms in total. The lowest BCUT2D eigenvalue weighted by Gasteiger charge is -2.06. The van der Waals surface area contributed by atoms with Crippen molar-refractivity contribution in [2.24, 2.45) is 0 Å². The number of aliphatic hydroxyl groups excluding tert-OH is 1. The maximum absolute atomic E-state index is 9.03. The number of hydrogen-bond donors (Lipinski definition) is 1. The van der Waals surface area contributed by atoms with Crippen molar-refractivity contribution >= 4 is 11.0 Å². The number of nitrogens with zero attached hydrogens (tertiary/aromatic N) is 1. The van der Waals surface area contributed by atoms with Crippen LogP contribution in [0.4, 0.5) is 0 Å². The largest absolute Gasteiger partial charge is 0.489 e. The van der Waals surface area contributed by atoms with Gasteiger partial charge in [-0.3, -0.25) is 0 Å². The van der Waals surface area contributed by atoms with Gasteiger partial charge in [-0.25, -0.2) is 0 Å². The van der Waals surface area contributed by atoms with Crippen molar-refractivity contribution in [3.63, 3.8) is 0 Å². The Bertz CT molecular complexity index is 731. The fourth-order valence-corrected chi connectivity index (χ4v) is 2.19. The van der Waals surface area contributed by atoms with Gasteiger partial charge in [0.1, 0.15) is 12.4 Å². The molecule has 0 saturated carbocycles. The molecule has 21 heavy (non-hydrogen) atoms. The van der Waals surface area contributed by atoms with E-state index in [0.29, 0.717) is 18.6 Å². The van der Waals surface area contributed by atoms with E-state index >= 15 is 0 Å². The van der Waals surface area contributed by atoms with Crippen LogP contribution in [-0.2, 0) is 13.0 Å².